The summed E-state index contributed by atoms with van der Waals surface area (Å²) in [7, 11) is 1.40. The van der Waals surface area contributed by atoms with Crippen LogP contribution in [0.1, 0.15) is 24.3 Å². The number of nitrogens with one attached hydrogen (secondary N) is 2. The number of ether oxygens (including phenoxy) is 1. The first-order valence-electron chi connectivity index (χ1n) is 6.83. The van der Waals surface area contributed by atoms with Crippen LogP contribution in [0.2, 0.25) is 0 Å². The highest BCUT2D eigenvalue weighted by Crippen LogP contribution is 2.17. The van der Waals surface area contributed by atoms with Gasteiger partial charge in [0.05, 0.1) is 13.0 Å². The fourth-order valence-electron chi connectivity index (χ4n) is 2.36. The van der Waals surface area contributed by atoms with E-state index in [9.17, 15) is 9.59 Å². The highest BCUT2D eigenvalue weighted by Gasteiger charge is 2.24. The lowest BCUT2D eigenvalue weighted by molar-refractivity contribution is -0.142. The van der Waals surface area contributed by atoms with Crippen molar-refractivity contribution in [3.8, 4) is 0 Å². The zero-order valence-corrected chi connectivity index (χ0v) is 11.6. The first-order valence-corrected chi connectivity index (χ1v) is 6.83. The number of piperidine rings is 1. The van der Waals surface area contributed by atoms with E-state index in [0.717, 1.165) is 12.0 Å². The van der Waals surface area contributed by atoms with Crippen molar-refractivity contribution in [2.75, 3.05) is 20.2 Å². The Hall–Kier alpha value is -1.88. The Kier molecular flexibility index (Phi) is 5.12. The van der Waals surface area contributed by atoms with Crippen molar-refractivity contribution in [2.24, 2.45) is 0 Å². The Morgan fingerprint density at radius 3 is 2.80 bits per heavy atom. The molecule has 1 amide bonds. The molecule has 1 heterocycles. The lowest BCUT2D eigenvalue weighted by Crippen LogP contribution is -2.47. The van der Waals surface area contributed by atoms with Gasteiger partial charge in [-0.15, -0.1) is 0 Å². The highest BCUT2D eigenvalue weighted by atomic mass is 16.5. The molecule has 1 aliphatic heterocycles. The first kappa shape index (κ1) is 14.5. The van der Waals surface area contributed by atoms with E-state index in [1.54, 1.807) is 0 Å². The Morgan fingerprint density at radius 1 is 1.45 bits per heavy atom. The zero-order valence-electron chi connectivity index (χ0n) is 11.6. The van der Waals surface area contributed by atoms with E-state index in [1.807, 2.05) is 30.3 Å². The maximum absolute atomic E-state index is 11.9. The van der Waals surface area contributed by atoms with Crippen molar-refractivity contribution in [1.82, 2.24) is 10.6 Å². The zero-order chi connectivity index (χ0) is 14.4. The quantitative estimate of drug-likeness (QED) is 0.781. The largest absolute Gasteiger partial charge is 0.469 e. The number of hydrogen-bond donors (Lipinski definition) is 2. The summed E-state index contributed by atoms with van der Waals surface area (Å²) in [5, 5.41) is 6.16. The van der Waals surface area contributed by atoms with E-state index < -0.39 is 0 Å². The molecule has 0 saturated carbocycles. The van der Waals surface area contributed by atoms with Gasteiger partial charge in [-0.25, -0.2) is 0 Å². The Morgan fingerprint density at radius 2 is 2.20 bits per heavy atom. The smallest absolute Gasteiger partial charge is 0.314 e. The predicted octanol–water partition coefficient (Wildman–Crippen LogP) is 0.811. The van der Waals surface area contributed by atoms with Crippen LogP contribution in [-0.4, -0.2) is 38.1 Å². The molecule has 0 spiro atoms. The lowest BCUT2D eigenvalue weighted by Gasteiger charge is -2.25. The monoisotopic (exact) mass is 276 g/mol. The molecule has 1 aliphatic rings. The normalized spacial score (nSPS) is 20.1. The summed E-state index contributed by atoms with van der Waals surface area (Å²) in [6, 6.07) is 9.79. The van der Waals surface area contributed by atoms with E-state index in [0.29, 0.717) is 19.5 Å². The minimum absolute atomic E-state index is 0.0932. The molecular weight excluding hydrogens is 256 g/mol. The summed E-state index contributed by atoms with van der Waals surface area (Å²) in [6.45, 7) is 1.12. The summed E-state index contributed by atoms with van der Waals surface area (Å²) in [5.41, 5.74) is 0.937. The van der Waals surface area contributed by atoms with Crippen LogP contribution in [0.15, 0.2) is 30.3 Å². The second kappa shape index (κ2) is 7.05. The van der Waals surface area contributed by atoms with Crippen LogP contribution in [0.3, 0.4) is 0 Å². The second-order valence-electron chi connectivity index (χ2n) is 4.93. The van der Waals surface area contributed by atoms with Crippen LogP contribution in [-0.2, 0) is 14.3 Å². The Bertz CT molecular complexity index is 451. The standard InChI is InChI=1S/C15H20N2O3/c1-20-15(19)13(11-5-3-2-4-6-11)10-16-12-7-8-14(18)17-9-12/h2-6,12-13,16H,7-10H2,1H3,(H,17,18). The van der Waals surface area contributed by atoms with Crippen LogP contribution in [0.25, 0.3) is 0 Å². The van der Waals surface area contributed by atoms with Gasteiger partial charge in [0, 0.05) is 25.6 Å². The predicted molar refractivity (Wildman–Crippen MR) is 75.2 cm³/mol. The van der Waals surface area contributed by atoms with E-state index in [1.165, 1.54) is 7.11 Å². The van der Waals surface area contributed by atoms with Crippen molar-refractivity contribution < 1.29 is 14.3 Å². The fourth-order valence-corrected chi connectivity index (χ4v) is 2.36. The number of amides is 1. The van der Waals surface area contributed by atoms with E-state index in [4.69, 9.17) is 4.74 Å². The van der Waals surface area contributed by atoms with E-state index in [-0.39, 0.29) is 23.8 Å². The van der Waals surface area contributed by atoms with Gasteiger partial charge in [-0.1, -0.05) is 30.3 Å². The molecule has 20 heavy (non-hydrogen) atoms. The number of carbonyl (C=O) groups is 2. The molecule has 0 aliphatic carbocycles. The van der Waals surface area contributed by atoms with Crippen LogP contribution in [0.5, 0.6) is 0 Å². The molecule has 5 nitrogen and oxygen atoms in total. The molecule has 1 aromatic rings. The molecule has 1 saturated heterocycles. The van der Waals surface area contributed by atoms with Gasteiger partial charge in [0.1, 0.15) is 0 Å². The van der Waals surface area contributed by atoms with Crippen LogP contribution in [0, 0.1) is 0 Å². The molecule has 1 aromatic carbocycles. The third-order valence-corrected chi connectivity index (χ3v) is 3.56. The Labute approximate surface area is 118 Å². The third-order valence-electron chi connectivity index (χ3n) is 3.56. The van der Waals surface area contributed by atoms with Crippen LogP contribution < -0.4 is 10.6 Å². The van der Waals surface area contributed by atoms with Gasteiger partial charge in [0.15, 0.2) is 0 Å². The molecule has 2 unspecified atom stereocenters. The minimum atomic E-state index is -0.321. The summed E-state index contributed by atoms with van der Waals surface area (Å²) in [4.78, 5) is 23.0. The van der Waals surface area contributed by atoms with E-state index >= 15 is 0 Å². The minimum Gasteiger partial charge on any atom is -0.469 e. The number of esters is 1. The summed E-state index contributed by atoms with van der Waals surface area (Å²) >= 11 is 0. The molecule has 2 rings (SSSR count). The van der Waals surface area contributed by atoms with Crippen molar-refractivity contribution in [2.45, 2.75) is 24.8 Å². The highest BCUT2D eigenvalue weighted by molar-refractivity contribution is 5.78. The number of rotatable bonds is 5. The lowest BCUT2D eigenvalue weighted by atomic mass is 9.98. The topological polar surface area (TPSA) is 67.4 Å². The van der Waals surface area contributed by atoms with Gasteiger partial charge in [0.25, 0.3) is 0 Å². The fraction of sp³-hybridized carbons (Fsp3) is 0.467. The average molecular weight is 276 g/mol. The van der Waals surface area contributed by atoms with Gasteiger partial charge in [0.2, 0.25) is 5.91 Å². The first-order chi connectivity index (χ1) is 9.70. The molecule has 2 atom stereocenters. The van der Waals surface area contributed by atoms with Crippen molar-refractivity contribution in [1.29, 1.82) is 0 Å². The molecule has 1 fully saturated rings. The van der Waals surface area contributed by atoms with Crippen molar-refractivity contribution in [3.63, 3.8) is 0 Å². The summed E-state index contributed by atoms with van der Waals surface area (Å²) in [5.74, 6) is -0.474. The van der Waals surface area contributed by atoms with Gasteiger partial charge in [-0.05, 0) is 12.0 Å². The number of benzene rings is 1. The number of hydrogen-bond acceptors (Lipinski definition) is 4. The van der Waals surface area contributed by atoms with Crippen molar-refractivity contribution in [3.05, 3.63) is 35.9 Å². The van der Waals surface area contributed by atoms with Crippen molar-refractivity contribution >= 4 is 11.9 Å². The van der Waals surface area contributed by atoms with Crippen LogP contribution >= 0.6 is 0 Å². The van der Waals surface area contributed by atoms with Gasteiger partial charge >= 0.3 is 5.97 Å². The van der Waals surface area contributed by atoms with E-state index in [2.05, 4.69) is 10.6 Å². The second-order valence-corrected chi connectivity index (χ2v) is 4.93. The average Bonchev–Trinajstić information content (AvgIpc) is 2.50. The SMILES string of the molecule is COC(=O)C(CNC1CCC(=O)NC1)c1ccccc1. The Balaban J connectivity index is 1.95. The third kappa shape index (κ3) is 3.81. The van der Waals surface area contributed by atoms with Gasteiger partial charge in [-0.3, -0.25) is 9.59 Å². The number of carbonyl (C=O) groups excluding carboxylic acids is 2. The maximum atomic E-state index is 11.9. The molecular formula is C15H20N2O3. The molecule has 2 N–H and O–H groups in total. The molecule has 108 valence electrons. The number of methoxy groups -OCH3 is 1. The summed E-state index contributed by atoms with van der Waals surface area (Å²) < 4.78 is 4.88. The molecule has 0 radical (unpaired) electrons. The summed E-state index contributed by atoms with van der Waals surface area (Å²) in [6.07, 6.45) is 1.33. The van der Waals surface area contributed by atoms with Gasteiger partial charge < -0.3 is 15.4 Å². The van der Waals surface area contributed by atoms with Gasteiger partial charge in [-0.2, -0.15) is 0 Å². The molecule has 0 aromatic heterocycles. The molecule has 5 heteroatoms. The maximum Gasteiger partial charge on any atom is 0.314 e. The molecule has 0 bridgehead atoms. The van der Waals surface area contributed by atoms with Crippen LogP contribution in [0.4, 0.5) is 0 Å².